The molecule has 1 aromatic heterocycles. The Bertz CT molecular complexity index is 976. The number of anilines is 1. The van der Waals surface area contributed by atoms with E-state index in [1.165, 1.54) is 16.2 Å². The minimum Gasteiger partial charge on any atom is -0.494 e. The maximum absolute atomic E-state index is 13.1. The van der Waals surface area contributed by atoms with Crippen molar-refractivity contribution in [3.63, 3.8) is 0 Å². The van der Waals surface area contributed by atoms with Crippen LogP contribution in [0.3, 0.4) is 0 Å². The van der Waals surface area contributed by atoms with Crippen LogP contribution < -0.4 is 9.64 Å². The molecule has 0 radical (unpaired) electrons. The molecular formula is C24H33N5O3. The number of imide groups is 1. The first kappa shape index (κ1) is 22.5. The van der Waals surface area contributed by atoms with Gasteiger partial charge in [-0.1, -0.05) is 6.92 Å². The smallest absolute Gasteiger partial charge is 0.251 e. The zero-order valence-electron chi connectivity index (χ0n) is 19.5. The van der Waals surface area contributed by atoms with Crippen LogP contribution in [0.15, 0.2) is 24.3 Å². The average molecular weight is 440 g/mol. The van der Waals surface area contributed by atoms with Gasteiger partial charge in [0.25, 0.3) is 5.91 Å². The maximum atomic E-state index is 13.1. The van der Waals surface area contributed by atoms with Crippen molar-refractivity contribution < 1.29 is 14.3 Å². The fourth-order valence-electron chi connectivity index (χ4n) is 4.59. The van der Waals surface area contributed by atoms with Gasteiger partial charge < -0.3 is 4.74 Å². The lowest BCUT2D eigenvalue weighted by molar-refractivity contribution is -0.123. The van der Waals surface area contributed by atoms with Crippen molar-refractivity contribution in [1.82, 2.24) is 19.6 Å². The third kappa shape index (κ3) is 4.42. The van der Waals surface area contributed by atoms with E-state index in [1.54, 1.807) is 12.1 Å². The molecule has 0 saturated carbocycles. The molecule has 2 aliphatic rings. The molecule has 0 bridgehead atoms. The highest BCUT2D eigenvalue weighted by molar-refractivity contribution is 6.22. The van der Waals surface area contributed by atoms with Crippen LogP contribution in [0, 0.1) is 13.8 Å². The highest BCUT2D eigenvalue weighted by atomic mass is 16.5. The van der Waals surface area contributed by atoms with Gasteiger partial charge in [-0.25, -0.2) is 4.90 Å². The summed E-state index contributed by atoms with van der Waals surface area (Å²) in [6, 6.07) is 6.85. The number of carbonyl (C=O) groups is 2. The van der Waals surface area contributed by atoms with Crippen LogP contribution in [0.2, 0.25) is 0 Å². The number of aromatic nitrogens is 2. The number of ether oxygens (including phenoxy) is 1. The van der Waals surface area contributed by atoms with Crippen molar-refractivity contribution >= 4 is 17.5 Å². The summed E-state index contributed by atoms with van der Waals surface area (Å²) in [5.74, 6) is 0.498. The van der Waals surface area contributed by atoms with E-state index in [0.29, 0.717) is 12.3 Å². The number of piperazine rings is 1. The molecule has 2 fully saturated rings. The number of hydrogen-bond acceptors (Lipinski definition) is 6. The third-order valence-electron chi connectivity index (χ3n) is 6.58. The molecule has 1 atom stereocenters. The summed E-state index contributed by atoms with van der Waals surface area (Å²) in [7, 11) is 1.98. The van der Waals surface area contributed by atoms with E-state index in [4.69, 9.17) is 4.74 Å². The van der Waals surface area contributed by atoms with Crippen molar-refractivity contribution in [3.8, 4) is 5.75 Å². The third-order valence-corrected chi connectivity index (χ3v) is 6.58. The Labute approximate surface area is 189 Å². The molecule has 2 saturated heterocycles. The van der Waals surface area contributed by atoms with E-state index in [9.17, 15) is 9.59 Å². The van der Waals surface area contributed by atoms with Crippen LogP contribution in [-0.4, -0.2) is 70.2 Å². The molecule has 1 unspecified atom stereocenters. The van der Waals surface area contributed by atoms with Gasteiger partial charge in [0.1, 0.15) is 5.75 Å². The molecule has 3 heterocycles. The number of aryl methyl sites for hydroxylation is 2. The lowest BCUT2D eigenvalue weighted by atomic mass is 10.1. The molecule has 0 aliphatic carbocycles. The van der Waals surface area contributed by atoms with Crippen LogP contribution in [0.25, 0.3) is 0 Å². The molecule has 1 aromatic carbocycles. The van der Waals surface area contributed by atoms with Gasteiger partial charge in [-0.15, -0.1) is 0 Å². The van der Waals surface area contributed by atoms with Gasteiger partial charge in [-0.3, -0.25) is 24.1 Å². The van der Waals surface area contributed by atoms with Crippen LogP contribution in [0.4, 0.5) is 5.69 Å². The van der Waals surface area contributed by atoms with Crippen LogP contribution >= 0.6 is 0 Å². The van der Waals surface area contributed by atoms with Crippen LogP contribution in [0.1, 0.15) is 36.7 Å². The lowest BCUT2D eigenvalue weighted by Crippen LogP contribution is -2.52. The zero-order valence-corrected chi connectivity index (χ0v) is 19.5. The van der Waals surface area contributed by atoms with Crippen molar-refractivity contribution in [1.29, 1.82) is 0 Å². The minimum absolute atomic E-state index is 0.121. The summed E-state index contributed by atoms with van der Waals surface area (Å²) < 4.78 is 7.54. The molecule has 2 amide bonds. The van der Waals surface area contributed by atoms with E-state index < -0.39 is 0 Å². The van der Waals surface area contributed by atoms with E-state index in [2.05, 4.69) is 35.7 Å². The summed E-state index contributed by atoms with van der Waals surface area (Å²) in [6.07, 6.45) is 1.18. The monoisotopic (exact) mass is 439 g/mol. The van der Waals surface area contributed by atoms with Gasteiger partial charge in [0.2, 0.25) is 5.91 Å². The fourth-order valence-corrected chi connectivity index (χ4v) is 4.59. The Morgan fingerprint density at radius 1 is 1.06 bits per heavy atom. The largest absolute Gasteiger partial charge is 0.494 e. The predicted octanol–water partition coefficient (Wildman–Crippen LogP) is 2.28. The van der Waals surface area contributed by atoms with Gasteiger partial charge in [0.05, 0.1) is 30.5 Å². The molecule has 0 N–H and O–H groups in total. The first-order valence-corrected chi connectivity index (χ1v) is 11.4. The molecule has 4 rings (SSSR count). The number of nitrogens with zero attached hydrogens (tertiary/aromatic N) is 5. The van der Waals surface area contributed by atoms with Crippen molar-refractivity contribution in [3.05, 3.63) is 41.2 Å². The number of amides is 2. The molecular weight excluding hydrogens is 406 g/mol. The second-order valence-electron chi connectivity index (χ2n) is 8.71. The van der Waals surface area contributed by atoms with E-state index in [0.717, 1.165) is 50.6 Å². The molecule has 0 spiro atoms. The molecule has 8 nitrogen and oxygen atoms in total. The first-order chi connectivity index (χ1) is 15.4. The minimum atomic E-state index is -0.373. The Morgan fingerprint density at radius 2 is 1.75 bits per heavy atom. The molecule has 8 heteroatoms. The van der Waals surface area contributed by atoms with Gasteiger partial charge in [-0.2, -0.15) is 5.10 Å². The maximum Gasteiger partial charge on any atom is 0.251 e. The van der Waals surface area contributed by atoms with Crippen LogP contribution in [0.5, 0.6) is 5.75 Å². The Kier molecular flexibility index (Phi) is 6.62. The molecule has 2 aliphatic heterocycles. The summed E-state index contributed by atoms with van der Waals surface area (Å²) in [5.41, 5.74) is 4.17. The topological polar surface area (TPSA) is 70.9 Å². The Hall–Kier alpha value is -2.71. The Morgan fingerprint density at radius 3 is 2.34 bits per heavy atom. The number of carbonyl (C=O) groups excluding carboxylic acids is 2. The van der Waals surface area contributed by atoms with Gasteiger partial charge in [0, 0.05) is 51.0 Å². The fraction of sp³-hybridized carbons (Fsp3) is 0.542. The number of rotatable bonds is 7. The van der Waals surface area contributed by atoms with Crippen molar-refractivity contribution in [2.24, 2.45) is 7.05 Å². The summed E-state index contributed by atoms with van der Waals surface area (Å²) in [6.45, 7) is 11.0. The predicted molar refractivity (Wildman–Crippen MR) is 123 cm³/mol. The van der Waals surface area contributed by atoms with Crippen molar-refractivity contribution in [2.45, 2.75) is 46.2 Å². The van der Waals surface area contributed by atoms with Gasteiger partial charge in [0.15, 0.2) is 0 Å². The summed E-state index contributed by atoms with van der Waals surface area (Å²) >= 11 is 0. The first-order valence-electron chi connectivity index (χ1n) is 11.4. The standard InChI is InChI=1S/C24H33N5O3/c1-5-14-32-20-8-6-19(7-9-20)29-23(30)15-22(24(29)31)28-12-10-27(11-13-28)16-21-17(2)25-26(4)18(21)3/h6-9,22H,5,10-16H2,1-4H3. The normalized spacial score (nSPS) is 20.4. The number of benzene rings is 1. The van der Waals surface area contributed by atoms with E-state index >= 15 is 0 Å². The highest BCUT2D eigenvalue weighted by Crippen LogP contribution is 2.28. The second kappa shape index (κ2) is 9.42. The molecule has 32 heavy (non-hydrogen) atoms. The van der Waals surface area contributed by atoms with E-state index in [1.807, 2.05) is 23.9 Å². The van der Waals surface area contributed by atoms with Crippen molar-refractivity contribution in [2.75, 3.05) is 37.7 Å². The average Bonchev–Trinajstić information content (AvgIpc) is 3.22. The Balaban J connectivity index is 1.36. The van der Waals surface area contributed by atoms with Gasteiger partial charge >= 0.3 is 0 Å². The number of hydrogen-bond donors (Lipinski definition) is 0. The SMILES string of the molecule is CCCOc1ccc(N2C(=O)CC(N3CCN(Cc4c(C)nn(C)c4C)CC3)C2=O)cc1. The summed E-state index contributed by atoms with van der Waals surface area (Å²) in [4.78, 5) is 31.8. The summed E-state index contributed by atoms with van der Waals surface area (Å²) in [5, 5.41) is 4.51. The molecule has 172 valence electrons. The quantitative estimate of drug-likeness (QED) is 0.617. The highest BCUT2D eigenvalue weighted by Gasteiger charge is 2.43. The van der Waals surface area contributed by atoms with Gasteiger partial charge in [-0.05, 0) is 44.5 Å². The molecule has 2 aromatic rings. The zero-order chi connectivity index (χ0) is 22.8. The second-order valence-corrected chi connectivity index (χ2v) is 8.71. The van der Waals surface area contributed by atoms with Crippen LogP contribution in [-0.2, 0) is 23.2 Å². The lowest BCUT2D eigenvalue weighted by Gasteiger charge is -2.37. The van der Waals surface area contributed by atoms with E-state index in [-0.39, 0.29) is 24.3 Å².